The number of hydrogen-bond acceptors (Lipinski definition) is 4. The van der Waals surface area contributed by atoms with E-state index in [1.54, 1.807) is 42.5 Å². The van der Waals surface area contributed by atoms with E-state index in [1.165, 1.54) is 12.3 Å². The Morgan fingerprint density at radius 3 is 2.63 bits per heavy atom. The second-order valence-electron chi connectivity index (χ2n) is 5.72. The van der Waals surface area contributed by atoms with Crippen LogP contribution in [-0.4, -0.2) is 23.2 Å². The predicted molar refractivity (Wildman–Crippen MR) is 105 cm³/mol. The average molecular weight is 427 g/mol. The second kappa shape index (κ2) is 8.01. The lowest BCUT2D eigenvalue weighted by atomic mass is 10.0. The van der Waals surface area contributed by atoms with Crippen molar-refractivity contribution in [3.63, 3.8) is 0 Å². The summed E-state index contributed by atoms with van der Waals surface area (Å²) in [5, 5.41) is 12.9. The third-order valence-corrected chi connectivity index (χ3v) is 4.53. The lowest BCUT2D eigenvalue weighted by Crippen LogP contribution is -2.17. The summed E-state index contributed by atoms with van der Waals surface area (Å²) in [6.45, 7) is 1.82. The number of furan rings is 1. The summed E-state index contributed by atoms with van der Waals surface area (Å²) >= 11 is 3.32. The van der Waals surface area contributed by atoms with Crippen molar-refractivity contribution >= 4 is 34.0 Å². The van der Waals surface area contributed by atoms with E-state index in [0.717, 1.165) is 11.1 Å². The van der Waals surface area contributed by atoms with E-state index < -0.39 is 5.97 Å². The van der Waals surface area contributed by atoms with E-state index in [1.807, 2.05) is 13.0 Å². The summed E-state index contributed by atoms with van der Waals surface area (Å²) in [5.41, 5.74) is 4.72. The van der Waals surface area contributed by atoms with Gasteiger partial charge in [0, 0.05) is 10.0 Å². The van der Waals surface area contributed by atoms with Crippen molar-refractivity contribution in [3.8, 4) is 11.3 Å². The van der Waals surface area contributed by atoms with E-state index in [9.17, 15) is 9.59 Å². The van der Waals surface area contributed by atoms with Crippen LogP contribution in [0.4, 0.5) is 0 Å². The summed E-state index contributed by atoms with van der Waals surface area (Å²) in [6, 6.07) is 15.3. The summed E-state index contributed by atoms with van der Waals surface area (Å²) in [4.78, 5) is 23.1. The zero-order valence-corrected chi connectivity index (χ0v) is 15.9. The van der Waals surface area contributed by atoms with Gasteiger partial charge in [-0.2, -0.15) is 5.10 Å². The molecule has 0 saturated heterocycles. The molecule has 0 atom stereocenters. The van der Waals surface area contributed by atoms with Crippen LogP contribution in [0.2, 0.25) is 0 Å². The standard InChI is InChI=1S/C20H15BrN2O4/c1-12-10-13(20(25)26)6-8-15(12)18-9-7-14(27-18)11-22-23-19(24)16-4-2-3-5-17(16)21/h2-11H,1H3,(H,23,24)(H,25,26)/b22-11+. The van der Waals surface area contributed by atoms with E-state index in [4.69, 9.17) is 9.52 Å². The van der Waals surface area contributed by atoms with Crippen LogP contribution < -0.4 is 5.43 Å². The highest BCUT2D eigenvalue weighted by Gasteiger charge is 2.11. The highest BCUT2D eigenvalue weighted by atomic mass is 79.9. The highest BCUT2D eigenvalue weighted by Crippen LogP contribution is 2.26. The number of carbonyl (C=O) groups excluding carboxylic acids is 1. The molecule has 0 radical (unpaired) electrons. The zero-order valence-electron chi connectivity index (χ0n) is 14.3. The first-order chi connectivity index (χ1) is 13.0. The Balaban J connectivity index is 1.71. The van der Waals surface area contributed by atoms with Crippen LogP contribution in [0.15, 0.2) is 68.6 Å². The average Bonchev–Trinajstić information content (AvgIpc) is 3.10. The minimum Gasteiger partial charge on any atom is -0.478 e. The SMILES string of the molecule is Cc1cc(C(=O)O)ccc1-c1ccc(/C=N/NC(=O)c2ccccc2Br)o1. The van der Waals surface area contributed by atoms with Crippen molar-refractivity contribution in [1.82, 2.24) is 5.43 Å². The topological polar surface area (TPSA) is 91.9 Å². The largest absolute Gasteiger partial charge is 0.478 e. The number of amides is 1. The molecule has 0 aliphatic heterocycles. The van der Waals surface area contributed by atoms with Gasteiger partial charge in [-0.25, -0.2) is 10.2 Å². The second-order valence-corrected chi connectivity index (χ2v) is 6.57. The van der Waals surface area contributed by atoms with Crippen molar-refractivity contribution in [1.29, 1.82) is 0 Å². The third kappa shape index (κ3) is 4.32. The molecular weight excluding hydrogens is 412 g/mol. The normalized spacial score (nSPS) is 10.9. The van der Waals surface area contributed by atoms with Crippen LogP contribution in [0.5, 0.6) is 0 Å². The number of carboxylic acids is 1. The highest BCUT2D eigenvalue weighted by molar-refractivity contribution is 9.10. The van der Waals surface area contributed by atoms with Gasteiger partial charge < -0.3 is 9.52 Å². The molecule has 0 unspecified atom stereocenters. The minimum absolute atomic E-state index is 0.222. The van der Waals surface area contributed by atoms with Gasteiger partial charge in [-0.1, -0.05) is 18.2 Å². The fraction of sp³-hybridized carbons (Fsp3) is 0.0500. The first-order valence-electron chi connectivity index (χ1n) is 7.98. The van der Waals surface area contributed by atoms with Crippen LogP contribution in [-0.2, 0) is 0 Å². The number of carbonyl (C=O) groups is 2. The quantitative estimate of drug-likeness (QED) is 0.464. The summed E-state index contributed by atoms with van der Waals surface area (Å²) in [5.74, 6) is -0.273. The van der Waals surface area contributed by atoms with Gasteiger partial charge in [-0.3, -0.25) is 4.79 Å². The molecule has 136 valence electrons. The number of nitrogens with one attached hydrogen (secondary N) is 1. The number of halogens is 1. The van der Waals surface area contributed by atoms with Gasteiger partial charge in [0.1, 0.15) is 11.5 Å². The van der Waals surface area contributed by atoms with Gasteiger partial charge in [-0.05, 0) is 64.8 Å². The maximum Gasteiger partial charge on any atom is 0.335 e. The van der Waals surface area contributed by atoms with Gasteiger partial charge in [0.05, 0.1) is 17.3 Å². The predicted octanol–water partition coefficient (Wildman–Crippen LogP) is 4.48. The molecular formula is C20H15BrN2O4. The molecule has 0 saturated carbocycles. The van der Waals surface area contributed by atoms with E-state index in [0.29, 0.717) is 21.6 Å². The van der Waals surface area contributed by atoms with Crippen LogP contribution in [0.25, 0.3) is 11.3 Å². The Kier molecular flexibility index (Phi) is 5.52. The fourth-order valence-corrected chi connectivity index (χ4v) is 2.97. The van der Waals surface area contributed by atoms with Gasteiger partial charge in [0.2, 0.25) is 0 Å². The van der Waals surface area contributed by atoms with Crippen LogP contribution in [0, 0.1) is 6.92 Å². The van der Waals surface area contributed by atoms with E-state index in [2.05, 4.69) is 26.5 Å². The minimum atomic E-state index is -0.974. The summed E-state index contributed by atoms with van der Waals surface area (Å²) in [7, 11) is 0. The van der Waals surface area contributed by atoms with Crippen molar-refractivity contribution in [2.24, 2.45) is 5.10 Å². The Hall–Kier alpha value is -3.19. The fourth-order valence-electron chi connectivity index (χ4n) is 2.50. The number of hydrogen-bond donors (Lipinski definition) is 2. The van der Waals surface area contributed by atoms with Gasteiger partial charge in [0.15, 0.2) is 0 Å². The molecule has 0 aliphatic carbocycles. The lowest BCUT2D eigenvalue weighted by molar-refractivity contribution is 0.0696. The lowest BCUT2D eigenvalue weighted by Gasteiger charge is -2.04. The van der Waals surface area contributed by atoms with Crippen molar-refractivity contribution in [2.75, 3.05) is 0 Å². The Morgan fingerprint density at radius 1 is 1.15 bits per heavy atom. The van der Waals surface area contributed by atoms with Crippen molar-refractivity contribution in [3.05, 3.63) is 81.5 Å². The van der Waals surface area contributed by atoms with E-state index >= 15 is 0 Å². The number of carboxylic acid groups (broad SMARTS) is 1. The molecule has 2 N–H and O–H groups in total. The number of aryl methyl sites for hydroxylation is 1. The monoisotopic (exact) mass is 426 g/mol. The number of rotatable bonds is 5. The Bertz CT molecular complexity index is 1040. The number of nitrogens with zero attached hydrogens (tertiary/aromatic N) is 1. The Labute approximate surface area is 163 Å². The molecule has 2 aromatic carbocycles. The molecule has 3 rings (SSSR count). The number of aromatic carboxylic acids is 1. The molecule has 1 heterocycles. The number of hydrazone groups is 1. The maximum atomic E-state index is 12.1. The van der Waals surface area contributed by atoms with Crippen LogP contribution in [0.1, 0.15) is 32.0 Å². The maximum absolute atomic E-state index is 12.1. The molecule has 6 nitrogen and oxygen atoms in total. The first-order valence-corrected chi connectivity index (χ1v) is 8.77. The van der Waals surface area contributed by atoms with Crippen molar-refractivity contribution < 1.29 is 19.1 Å². The van der Waals surface area contributed by atoms with Crippen LogP contribution >= 0.6 is 15.9 Å². The zero-order chi connectivity index (χ0) is 19.4. The van der Waals surface area contributed by atoms with Crippen LogP contribution in [0.3, 0.4) is 0 Å². The van der Waals surface area contributed by atoms with Gasteiger partial charge in [-0.15, -0.1) is 0 Å². The molecule has 3 aromatic rings. The van der Waals surface area contributed by atoms with Gasteiger partial charge >= 0.3 is 5.97 Å². The molecule has 0 bridgehead atoms. The molecule has 27 heavy (non-hydrogen) atoms. The third-order valence-electron chi connectivity index (χ3n) is 3.84. The number of benzene rings is 2. The molecule has 1 amide bonds. The molecule has 0 fully saturated rings. The smallest absolute Gasteiger partial charge is 0.335 e. The molecule has 1 aromatic heterocycles. The first kappa shape index (κ1) is 18.6. The van der Waals surface area contributed by atoms with E-state index in [-0.39, 0.29) is 11.5 Å². The summed E-state index contributed by atoms with van der Waals surface area (Å²) < 4.78 is 6.38. The Morgan fingerprint density at radius 2 is 1.93 bits per heavy atom. The molecule has 0 aliphatic rings. The summed E-state index contributed by atoms with van der Waals surface area (Å²) in [6.07, 6.45) is 1.40. The molecule has 7 heteroatoms. The van der Waals surface area contributed by atoms with Crippen molar-refractivity contribution in [2.45, 2.75) is 6.92 Å². The van der Waals surface area contributed by atoms with Gasteiger partial charge in [0.25, 0.3) is 5.91 Å². The molecule has 0 spiro atoms.